The highest BCUT2D eigenvalue weighted by Crippen LogP contribution is 2.34. The summed E-state index contributed by atoms with van der Waals surface area (Å²) in [7, 11) is 0. The van der Waals surface area contributed by atoms with Crippen molar-refractivity contribution in [1.29, 1.82) is 0 Å². The van der Waals surface area contributed by atoms with Crippen LogP contribution in [0.1, 0.15) is 43.4 Å². The van der Waals surface area contributed by atoms with E-state index in [9.17, 15) is 14.4 Å². The van der Waals surface area contributed by atoms with Crippen molar-refractivity contribution in [3.05, 3.63) is 89.5 Å². The summed E-state index contributed by atoms with van der Waals surface area (Å²) in [5.41, 5.74) is 5.35. The Morgan fingerprint density at radius 3 is 0.903 bits per heavy atom. The van der Waals surface area contributed by atoms with Gasteiger partial charge >= 0.3 is 0 Å². The Hall–Kier alpha value is -3.93. The topological polar surface area (TPSA) is 87.3 Å². The molecule has 3 rings (SSSR count). The van der Waals surface area contributed by atoms with Crippen LogP contribution in [0.25, 0.3) is 0 Å². The number of benzene rings is 3. The van der Waals surface area contributed by atoms with Crippen molar-refractivity contribution < 1.29 is 14.4 Å². The van der Waals surface area contributed by atoms with E-state index in [1.54, 1.807) is 0 Å². The molecule has 158 valence electrons. The van der Waals surface area contributed by atoms with Crippen molar-refractivity contribution >= 4 is 34.8 Å². The molecule has 3 aromatic rings. The zero-order valence-electron chi connectivity index (χ0n) is 17.7. The summed E-state index contributed by atoms with van der Waals surface area (Å²) in [5.74, 6) is -0.423. The van der Waals surface area contributed by atoms with Gasteiger partial charge in [-0.15, -0.1) is 0 Å². The third-order valence-electron chi connectivity index (χ3n) is 4.69. The Kier molecular flexibility index (Phi) is 6.82. The number of anilines is 3. The minimum atomic E-state index is -0.119. The van der Waals surface area contributed by atoms with Gasteiger partial charge in [-0.05, 0) is 53.1 Å². The molecule has 3 aromatic carbocycles. The number of amides is 3. The maximum Gasteiger partial charge on any atom is 0.221 e. The molecular weight excluding hydrogens is 390 g/mol. The van der Waals surface area contributed by atoms with E-state index in [1.807, 2.05) is 72.8 Å². The molecule has 0 aliphatic heterocycles. The normalized spacial score (nSPS) is 10.5. The van der Waals surface area contributed by atoms with Crippen LogP contribution in [0.5, 0.6) is 0 Å². The molecule has 0 aromatic heterocycles. The van der Waals surface area contributed by atoms with E-state index in [-0.39, 0.29) is 23.6 Å². The Balaban J connectivity index is 1.98. The molecule has 0 bridgehead atoms. The minimum absolute atomic E-state index is 0.0656. The molecule has 0 radical (unpaired) electrons. The van der Waals surface area contributed by atoms with Crippen molar-refractivity contribution in [2.75, 3.05) is 16.0 Å². The number of nitrogens with one attached hydrogen (secondary N) is 3. The Bertz CT molecular complexity index is 931. The van der Waals surface area contributed by atoms with Gasteiger partial charge in [0, 0.05) is 43.8 Å². The van der Waals surface area contributed by atoms with Crippen LogP contribution in [0.2, 0.25) is 0 Å². The molecule has 3 N–H and O–H groups in total. The maximum absolute atomic E-state index is 11.3. The zero-order valence-corrected chi connectivity index (χ0v) is 17.7. The summed E-state index contributed by atoms with van der Waals surface area (Å²) < 4.78 is 0. The lowest BCUT2D eigenvalue weighted by molar-refractivity contribution is -0.115. The first-order chi connectivity index (χ1) is 14.8. The maximum atomic E-state index is 11.3. The second-order valence-electron chi connectivity index (χ2n) is 7.34. The molecule has 6 heteroatoms. The van der Waals surface area contributed by atoms with E-state index in [4.69, 9.17) is 0 Å². The second kappa shape index (κ2) is 9.71. The SMILES string of the molecule is CC(=O)Nc1ccc(C(c2ccc(NC(C)=O)cc2)c2ccc(NC(C)=O)cc2)cc1. The summed E-state index contributed by atoms with van der Waals surface area (Å²) >= 11 is 0. The van der Waals surface area contributed by atoms with E-state index in [0.29, 0.717) is 0 Å². The monoisotopic (exact) mass is 415 g/mol. The lowest BCUT2D eigenvalue weighted by atomic mass is 9.85. The molecule has 0 atom stereocenters. The van der Waals surface area contributed by atoms with E-state index < -0.39 is 0 Å². The van der Waals surface area contributed by atoms with Gasteiger partial charge in [0.15, 0.2) is 0 Å². The zero-order chi connectivity index (χ0) is 22.4. The molecular formula is C25H25N3O3. The van der Waals surface area contributed by atoms with Gasteiger partial charge in [0.05, 0.1) is 0 Å². The number of rotatable bonds is 6. The first-order valence-corrected chi connectivity index (χ1v) is 9.94. The van der Waals surface area contributed by atoms with Gasteiger partial charge in [-0.1, -0.05) is 36.4 Å². The fraction of sp³-hybridized carbons (Fsp3) is 0.160. The highest BCUT2D eigenvalue weighted by molar-refractivity contribution is 5.89. The number of carbonyl (C=O) groups is 3. The van der Waals surface area contributed by atoms with Crippen molar-refractivity contribution in [2.24, 2.45) is 0 Å². The average molecular weight is 415 g/mol. The standard InChI is InChI=1S/C25H25N3O3/c1-16(29)26-22-10-4-19(5-11-22)25(20-6-12-23(13-7-20)27-17(2)30)21-8-14-24(15-9-21)28-18(3)31/h4-15,25H,1-3H3,(H,26,29)(H,27,30)(H,28,31). The van der Waals surface area contributed by atoms with Crippen molar-refractivity contribution in [2.45, 2.75) is 26.7 Å². The number of hydrogen-bond acceptors (Lipinski definition) is 3. The van der Waals surface area contributed by atoms with Crippen LogP contribution in [-0.2, 0) is 14.4 Å². The first kappa shape index (κ1) is 21.8. The van der Waals surface area contributed by atoms with Gasteiger partial charge in [0.2, 0.25) is 17.7 Å². The van der Waals surface area contributed by atoms with E-state index in [0.717, 1.165) is 33.8 Å². The van der Waals surface area contributed by atoms with Gasteiger partial charge in [0.25, 0.3) is 0 Å². The molecule has 0 aliphatic rings. The fourth-order valence-electron chi connectivity index (χ4n) is 3.46. The van der Waals surface area contributed by atoms with Crippen molar-refractivity contribution in [1.82, 2.24) is 0 Å². The molecule has 31 heavy (non-hydrogen) atoms. The molecule has 0 aliphatic carbocycles. The summed E-state index contributed by atoms with van der Waals surface area (Å²) in [6.45, 7) is 4.43. The van der Waals surface area contributed by atoms with Gasteiger partial charge < -0.3 is 16.0 Å². The van der Waals surface area contributed by atoms with Crippen LogP contribution in [0.4, 0.5) is 17.1 Å². The summed E-state index contributed by atoms with van der Waals surface area (Å²) in [6, 6.07) is 23.2. The van der Waals surface area contributed by atoms with Crippen molar-refractivity contribution in [3.8, 4) is 0 Å². The minimum Gasteiger partial charge on any atom is -0.326 e. The highest BCUT2D eigenvalue weighted by atomic mass is 16.2. The molecule has 0 saturated heterocycles. The number of hydrogen-bond donors (Lipinski definition) is 3. The molecule has 0 spiro atoms. The third-order valence-corrected chi connectivity index (χ3v) is 4.69. The highest BCUT2D eigenvalue weighted by Gasteiger charge is 2.17. The van der Waals surface area contributed by atoms with Crippen LogP contribution < -0.4 is 16.0 Å². The van der Waals surface area contributed by atoms with Gasteiger partial charge in [-0.2, -0.15) is 0 Å². The lowest BCUT2D eigenvalue weighted by Gasteiger charge is -2.20. The first-order valence-electron chi connectivity index (χ1n) is 9.94. The second-order valence-corrected chi connectivity index (χ2v) is 7.34. The van der Waals surface area contributed by atoms with Crippen molar-refractivity contribution in [3.63, 3.8) is 0 Å². The molecule has 0 fully saturated rings. The molecule has 0 saturated carbocycles. The Morgan fingerprint density at radius 1 is 0.484 bits per heavy atom. The van der Waals surface area contributed by atoms with E-state index in [2.05, 4.69) is 16.0 Å². The Morgan fingerprint density at radius 2 is 0.710 bits per heavy atom. The summed E-state index contributed by atoms with van der Waals surface area (Å²) in [6.07, 6.45) is 0. The fourth-order valence-corrected chi connectivity index (χ4v) is 3.46. The van der Waals surface area contributed by atoms with Crippen LogP contribution in [0.3, 0.4) is 0 Å². The summed E-state index contributed by atoms with van der Waals surface area (Å²) in [4.78, 5) is 34.0. The van der Waals surface area contributed by atoms with Gasteiger partial charge in [-0.25, -0.2) is 0 Å². The molecule has 0 unspecified atom stereocenters. The van der Waals surface area contributed by atoms with E-state index >= 15 is 0 Å². The van der Waals surface area contributed by atoms with E-state index in [1.165, 1.54) is 20.8 Å². The van der Waals surface area contributed by atoms with Crippen LogP contribution in [0.15, 0.2) is 72.8 Å². The molecule has 3 amide bonds. The molecule has 6 nitrogen and oxygen atoms in total. The number of carbonyl (C=O) groups excluding carboxylic acids is 3. The lowest BCUT2D eigenvalue weighted by Crippen LogP contribution is -2.09. The Labute approximate surface area is 181 Å². The third kappa shape index (κ3) is 6.02. The quantitative estimate of drug-likeness (QED) is 0.508. The van der Waals surface area contributed by atoms with Crippen LogP contribution in [0, 0.1) is 0 Å². The van der Waals surface area contributed by atoms with Crippen LogP contribution in [-0.4, -0.2) is 17.7 Å². The smallest absolute Gasteiger partial charge is 0.221 e. The van der Waals surface area contributed by atoms with Gasteiger partial charge in [-0.3, -0.25) is 14.4 Å². The molecule has 0 heterocycles. The summed E-state index contributed by atoms with van der Waals surface area (Å²) in [5, 5.41) is 8.35. The van der Waals surface area contributed by atoms with Crippen LogP contribution >= 0.6 is 0 Å². The van der Waals surface area contributed by atoms with Gasteiger partial charge in [0.1, 0.15) is 0 Å². The predicted octanol–water partition coefficient (Wildman–Crippen LogP) is 4.74. The largest absolute Gasteiger partial charge is 0.326 e. The predicted molar refractivity (Wildman–Crippen MR) is 123 cm³/mol. The average Bonchev–Trinajstić information content (AvgIpc) is 2.71.